The molecule has 0 aromatic carbocycles. The molecule has 4 atom stereocenters. The Morgan fingerprint density at radius 1 is 1.00 bits per heavy atom. The van der Waals surface area contributed by atoms with Crippen LogP contribution in [-0.2, 0) is 0 Å². The van der Waals surface area contributed by atoms with Gasteiger partial charge in [0.15, 0.2) is 0 Å². The zero-order valence-corrected chi connectivity index (χ0v) is 19.1. The van der Waals surface area contributed by atoms with Crippen molar-refractivity contribution >= 4 is 0 Å². The molecule has 3 rings (SSSR count). The van der Waals surface area contributed by atoms with E-state index in [1.165, 1.54) is 37.7 Å². The van der Waals surface area contributed by atoms with E-state index < -0.39 is 0 Å². The highest BCUT2D eigenvalue weighted by molar-refractivity contribution is 5.38. The van der Waals surface area contributed by atoms with Gasteiger partial charge in [-0.25, -0.2) is 0 Å². The highest BCUT2D eigenvalue weighted by Gasteiger charge is 2.52. The molecule has 2 saturated carbocycles. The summed E-state index contributed by atoms with van der Waals surface area (Å²) in [4.78, 5) is 0. The number of hydrogen-bond acceptors (Lipinski definition) is 0. The second-order valence-corrected chi connectivity index (χ2v) is 7.74. The lowest BCUT2D eigenvalue weighted by Gasteiger charge is -2.57. The minimum atomic E-state index is 0.339. The van der Waals surface area contributed by atoms with Gasteiger partial charge in [-0.3, -0.25) is 0 Å². The van der Waals surface area contributed by atoms with E-state index in [1.54, 1.807) is 11.1 Å². The van der Waals surface area contributed by atoms with Crippen LogP contribution in [0.15, 0.2) is 35.5 Å². The van der Waals surface area contributed by atoms with Crippen LogP contribution >= 0.6 is 0 Å². The van der Waals surface area contributed by atoms with Crippen molar-refractivity contribution in [3.05, 3.63) is 35.5 Å². The number of fused-ring (bicyclic) bond motifs is 3. The van der Waals surface area contributed by atoms with Gasteiger partial charge in [0.25, 0.3) is 0 Å². The molecule has 0 heteroatoms. The first kappa shape index (κ1) is 24.2. The van der Waals surface area contributed by atoms with Crippen molar-refractivity contribution in [1.29, 1.82) is 0 Å². The molecule has 0 radical (unpaired) electrons. The highest BCUT2D eigenvalue weighted by atomic mass is 14.6. The summed E-state index contributed by atoms with van der Waals surface area (Å²) < 4.78 is 0. The zero-order chi connectivity index (χ0) is 19.8. The molecule has 0 saturated heterocycles. The van der Waals surface area contributed by atoms with Gasteiger partial charge in [0.1, 0.15) is 0 Å². The van der Waals surface area contributed by atoms with Crippen LogP contribution in [0.3, 0.4) is 0 Å². The van der Waals surface area contributed by atoms with Crippen LogP contribution in [0.2, 0.25) is 0 Å². The lowest BCUT2D eigenvalue weighted by Crippen LogP contribution is -2.47. The summed E-state index contributed by atoms with van der Waals surface area (Å²) >= 11 is 0. The fourth-order valence-electron chi connectivity index (χ4n) is 5.30. The van der Waals surface area contributed by atoms with Crippen LogP contribution in [0.5, 0.6) is 0 Å². The molecule has 0 aromatic rings. The number of allylic oxidation sites excluding steroid dienone is 5. The molecular weight excluding hydrogens is 300 g/mol. The van der Waals surface area contributed by atoms with E-state index in [4.69, 9.17) is 0 Å². The van der Waals surface area contributed by atoms with Gasteiger partial charge < -0.3 is 0 Å². The van der Waals surface area contributed by atoms with Gasteiger partial charge in [-0.05, 0) is 56.3 Å². The molecule has 25 heavy (non-hydrogen) atoms. The first-order valence-corrected chi connectivity index (χ1v) is 10.9. The fourth-order valence-corrected chi connectivity index (χ4v) is 5.30. The van der Waals surface area contributed by atoms with Crippen LogP contribution in [0.1, 0.15) is 101 Å². The van der Waals surface area contributed by atoms with Crippen LogP contribution in [0.4, 0.5) is 0 Å². The van der Waals surface area contributed by atoms with Gasteiger partial charge in [0, 0.05) is 5.41 Å². The maximum atomic E-state index is 4.32. The molecule has 0 N–H and O–H groups in total. The van der Waals surface area contributed by atoms with Crippen LogP contribution in [0.25, 0.3) is 0 Å². The first-order valence-electron chi connectivity index (χ1n) is 10.9. The Labute approximate surface area is 159 Å². The van der Waals surface area contributed by atoms with Crippen molar-refractivity contribution < 1.29 is 0 Å². The Kier molecular flexibility index (Phi) is 10.1. The van der Waals surface area contributed by atoms with Crippen molar-refractivity contribution in [3.63, 3.8) is 0 Å². The molecule has 0 heterocycles. The third-order valence-corrected chi connectivity index (χ3v) is 6.43. The van der Waals surface area contributed by atoms with Crippen LogP contribution < -0.4 is 0 Å². The molecule has 0 spiro atoms. The smallest absolute Gasteiger partial charge is 0.00709 e. The zero-order valence-electron chi connectivity index (χ0n) is 19.1. The van der Waals surface area contributed by atoms with E-state index in [1.807, 2.05) is 41.5 Å². The maximum Gasteiger partial charge on any atom is 0.00709 e. The van der Waals surface area contributed by atoms with Gasteiger partial charge in [-0.2, -0.15) is 0 Å². The molecule has 0 aromatic heterocycles. The Balaban J connectivity index is 0.000000871. The van der Waals surface area contributed by atoms with Crippen molar-refractivity contribution in [2.75, 3.05) is 0 Å². The van der Waals surface area contributed by atoms with Crippen molar-refractivity contribution in [2.45, 2.75) is 101 Å². The average Bonchev–Trinajstić information content (AvgIpc) is 2.63. The number of hydrogen-bond donors (Lipinski definition) is 0. The minimum absolute atomic E-state index is 0.339. The Hall–Kier alpha value is -0.780. The van der Waals surface area contributed by atoms with E-state index in [9.17, 15) is 0 Å². The Bertz CT molecular complexity index is 478. The monoisotopic (exact) mass is 346 g/mol. The van der Waals surface area contributed by atoms with E-state index in [0.717, 1.165) is 5.92 Å². The van der Waals surface area contributed by atoms with E-state index in [-0.39, 0.29) is 0 Å². The van der Waals surface area contributed by atoms with Gasteiger partial charge in [-0.15, -0.1) is 0 Å². The molecular formula is C25H46. The summed E-state index contributed by atoms with van der Waals surface area (Å²) in [5.74, 6) is 1.52. The lowest BCUT2D eigenvalue weighted by atomic mass is 9.47. The summed E-state index contributed by atoms with van der Waals surface area (Å²) in [5.41, 5.74) is 5.56. The second-order valence-electron chi connectivity index (χ2n) is 7.74. The van der Waals surface area contributed by atoms with Gasteiger partial charge in [0.05, 0.1) is 0 Å². The normalized spacial score (nSPS) is 35.7. The van der Waals surface area contributed by atoms with E-state index in [0.29, 0.717) is 16.7 Å². The summed E-state index contributed by atoms with van der Waals surface area (Å²) in [5, 5.41) is 0. The molecule has 0 bridgehead atoms. The molecule has 4 unspecified atom stereocenters. The maximum absolute atomic E-state index is 4.32. The average molecular weight is 347 g/mol. The van der Waals surface area contributed by atoms with E-state index >= 15 is 0 Å². The third-order valence-electron chi connectivity index (χ3n) is 6.43. The van der Waals surface area contributed by atoms with Gasteiger partial charge >= 0.3 is 0 Å². The quantitative estimate of drug-likeness (QED) is 0.384. The summed E-state index contributed by atoms with van der Waals surface area (Å²) in [6, 6.07) is 0. The molecule has 146 valence electrons. The Morgan fingerprint density at radius 2 is 1.56 bits per heavy atom. The molecule has 0 nitrogen and oxygen atoms in total. The largest absolute Gasteiger partial charge is 0.0996 e. The topological polar surface area (TPSA) is 0 Å². The fraction of sp³-hybridized carbons (Fsp3) is 0.760. The highest BCUT2D eigenvalue weighted by Crippen LogP contribution is 2.62. The standard InChI is InChI=1S/C19H28.3C2H6/c1-13-6-7-17-18(4,12-13)10-9-16-15(3)14(2)8-11-19(16,17)5;3*1-2/h7,12,15-16H,2,6,8-11H2,1,3-5H3;3*1-2H3. The first-order chi connectivity index (χ1) is 11.9. The molecule has 3 aliphatic rings. The summed E-state index contributed by atoms with van der Waals surface area (Å²) in [7, 11) is 0. The summed E-state index contributed by atoms with van der Waals surface area (Å²) in [6.07, 6.45) is 11.5. The van der Waals surface area contributed by atoms with Gasteiger partial charge in [-0.1, -0.05) is 97.8 Å². The molecule has 0 amide bonds. The molecule has 2 fully saturated rings. The second kappa shape index (κ2) is 10.4. The van der Waals surface area contributed by atoms with E-state index in [2.05, 4.69) is 46.4 Å². The SMILES string of the molecule is C=C1CCC2(C)C3=CCC(C)=CC3(C)CCC2C1C.CC.CC.CC. The number of rotatable bonds is 0. The lowest BCUT2D eigenvalue weighted by molar-refractivity contribution is 0.0643. The Morgan fingerprint density at radius 3 is 2.12 bits per heavy atom. The van der Waals surface area contributed by atoms with Crippen LogP contribution in [-0.4, -0.2) is 0 Å². The minimum Gasteiger partial charge on any atom is -0.0996 e. The van der Waals surface area contributed by atoms with Gasteiger partial charge in [0.2, 0.25) is 0 Å². The van der Waals surface area contributed by atoms with Crippen molar-refractivity contribution in [3.8, 4) is 0 Å². The van der Waals surface area contributed by atoms with Crippen molar-refractivity contribution in [2.24, 2.45) is 22.7 Å². The molecule has 0 aliphatic heterocycles. The third kappa shape index (κ3) is 4.69. The van der Waals surface area contributed by atoms with Crippen molar-refractivity contribution in [1.82, 2.24) is 0 Å². The predicted octanol–water partition coefficient (Wildman–Crippen LogP) is 8.75. The summed E-state index contributed by atoms with van der Waals surface area (Å²) in [6.45, 7) is 26.0. The predicted molar refractivity (Wildman–Crippen MR) is 117 cm³/mol. The van der Waals surface area contributed by atoms with Crippen LogP contribution in [0, 0.1) is 22.7 Å². The molecule has 3 aliphatic carbocycles.